The summed E-state index contributed by atoms with van der Waals surface area (Å²) in [6.45, 7) is -0.0869. The van der Waals surface area contributed by atoms with Gasteiger partial charge in [0.25, 0.3) is 5.56 Å². The molecule has 0 saturated heterocycles. The fraction of sp³-hybridized carbons (Fsp3) is 0.150. The highest BCUT2D eigenvalue weighted by atomic mass is 35.5. The molecule has 3 heterocycles. The number of nitrogens with zero attached hydrogens (tertiary/aromatic N) is 2. The van der Waals surface area contributed by atoms with Crippen molar-refractivity contribution < 1.29 is 18.7 Å². The molecule has 0 spiro atoms. The summed E-state index contributed by atoms with van der Waals surface area (Å²) in [7, 11) is 0. The number of fused-ring (bicyclic) bond motifs is 1. The number of H-pyrrole nitrogens is 1. The summed E-state index contributed by atoms with van der Waals surface area (Å²) >= 11 is 6.19. The molecule has 0 radical (unpaired) electrons. The molecule has 1 aliphatic heterocycles. The highest BCUT2D eigenvalue weighted by Gasteiger charge is 2.26. The van der Waals surface area contributed by atoms with Crippen molar-refractivity contribution in [2.45, 2.75) is 11.9 Å². The van der Waals surface area contributed by atoms with Crippen molar-refractivity contribution in [3.05, 3.63) is 80.5 Å². The number of hydrogen-bond donors (Lipinski definition) is 2. The third kappa shape index (κ3) is 3.36. The first-order valence-electron chi connectivity index (χ1n) is 8.65. The SMILES string of the molecule is O=C(O)c1c(-c2ccc[nH]c2=O)c2c(n1Cc1cc(F)ccc1F)=NCC(Cl)C=2. The molecule has 4 rings (SSSR count). The van der Waals surface area contributed by atoms with Gasteiger partial charge in [-0.1, -0.05) is 6.08 Å². The highest BCUT2D eigenvalue weighted by molar-refractivity contribution is 6.24. The molecule has 1 aromatic carbocycles. The standard InChI is InChI=1S/C20H14ClF2N3O3/c21-11-7-14-16(13-2-1-5-24-19(13)27)17(20(28)29)26(18(14)25-8-11)9-10-6-12(22)3-4-15(10)23/h1-7,11H,8-9H2,(H,24,27)(H,28,29). The number of aromatic nitrogens is 2. The summed E-state index contributed by atoms with van der Waals surface area (Å²) in [6.07, 6.45) is 3.05. The van der Waals surface area contributed by atoms with Gasteiger partial charge in [0.15, 0.2) is 0 Å². The number of alkyl halides is 1. The van der Waals surface area contributed by atoms with Crippen LogP contribution in [0.15, 0.2) is 46.3 Å². The van der Waals surface area contributed by atoms with Gasteiger partial charge in [0.1, 0.15) is 22.8 Å². The van der Waals surface area contributed by atoms with E-state index in [-0.39, 0.29) is 41.0 Å². The van der Waals surface area contributed by atoms with Crippen LogP contribution in [-0.2, 0) is 6.54 Å². The van der Waals surface area contributed by atoms with E-state index in [1.165, 1.54) is 16.8 Å². The highest BCUT2D eigenvalue weighted by Crippen LogP contribution is 2.20. The first-order chi connectivity index (χ1) is 13.9. The Hall–Kier alpha value is -3.26. The van der Waals surface area contributed by atoms with Crippen LogP contribution in [0.1, 0.15) is 16.1 Å². The minimum atomic E-state index is -1.33. The molecule has 9 heteroatoms. The number of hydrogen-bond acceptors (Lipinski definition) is 3. The zero-order chi connectivity index (χ0) is 20.7. The minimum absolute atomic E-state index is 0.0398. The summed E-state index contributed by atoms with van der Waals surface area (Å²) in [4.78, 5) is 31.4. The molecule has 148 valence electrons. The van der Waals surface area contributed by atoms with Crippen molar-refractivity contribution in [1.82, 2.24) is 9.55 Å². The average Bonchev–Trinajstić information content (AvgIpc) is 2.98. The second-order valence-electron chi connectivity index (χ2n) is 6.52. The number of benzene rings is 1. The van der Waals surface area contributed by atoms with Gasteiger partial charge in [-0.15, -0.1) is 11.6 Å². The van der Waals surface area contributed by atoms with E-state index in [1.807, 2.05) is 0 Å². The number of aromatic carboxylic acids is 1. The quantitative estimate of drug-likeness (QED) is 0.635. The summed E-state index contributed by atoms with van der Waals surface area (Å²) in [6, 6.07) is 6.00. The molecule has 1 atom stereocenters. The summed E-state index contributed by atoms with van der Waals surface area (Å²) in [5, 5.41) is 9.81. The average molecular weight is 418 g/mol. The van der Waals surface area contributed by atoms with Crippen LogP contribution >= 0.6 is 11.6 Å². The summed E-state index contributed by atoms with van der Waals surface area (Å²) in [5.74, 6) is -2.66. The van der Waals surface area contributed by atoms with Gasteiger partial charge in [0.2, 0.25) is 0 Å². The van der Waals surface area contributed by atoms with Crippen molar-refractivity contribution in [3.8, 4) is 11.1 Å². The van der Waals surface area contributed by atoms with E-state index in [2.05, 4.69) is 9.98 Å². The lowest BCUT2D eigenvalue weighted by Crippen LogP contribution is -2.36. The fourth-order valence-electron chi connectivity index (χ4n) is 3.46. The van der Waals surface area contributed by atoms with Gasteiger partial charge in [0.05, 0.1) is 24.0 Å². The Balaban J connectivity index is 2.08. The maximum absolute atomic E-state index is 14.2. The Morgan fingerprint density at radius 3 is 2.86 bits per heavy atom. The molecule has 2 aromatic heterocycles. The van der Waals surface area contributed by atoms with E-state index < -0.39 is 28.5 Å². The Morgan fingerprint density at radius 2 is 2.14 bits per heavy atom. The second-order valence-corrected chi connectivity index (χ2v) is 7.08. The van der Waals surface area contributed by atoms with Crippen LogP contribution in [-0.4, -0.2) is 32.5 Å². The largest absolute Gasteiger partial charge is 0.477 e. The Kier molecular flexibility index (Phi) is 4.79. The van der Waals surface area contributed by atoms with Gasteiger partial charge in [0, 0.05) is 22.5 Å². The van der Waals surface area contributed by atoms with Gasteiger partial charge in [-0.25, -0.2) is 13.6 Å². The first kappa shape index (κ1) is 19.1. The van der Waals surface area contributed by atoms with Crippen molar-refractivity contribution in [2.75, 3.05) is 6.54 Å². The number of aromatic amines is 1. The maximum atomic E-state index is 14.2. The van der Waals surface area contributed by atoms with Crippen molar-refractivity contribution >= 4 is 23.6 Å². The predicted octanol–water partition coefficient (Wildman–Crippen LogP) is 1.89. The third-order valence-electron chi connectivity index (χ3n) is 4.66. The van der Waals surface area contributed by atoms with E-state index in [0.717, 1.165) is 18.2 Å². The summed E-state index contributed by atoms with van der Waals surface area (Å²) in [5.41, 5.74) is -0.265. The molecule has 29 heavy (non-hydrogen) atoms. The monoisotopic (exact) mass is 417 g/mol. The molecule has 1 unspecified atom stereocenters. The smallest absolute Gasteiger partial charge is 0.353 e. The second kappa shape index (κ2) is 7.29. The predicted molar refractivity (Wildman–Crippen MR) is 103 cm³/mol. The first-order valence-corrected chi connectivity index (χ1v) is 9.08. The number of carbonyl (C=O) groups is 1. The molecule has 0 bridgehead atoms. The molecule has 0 amide bonds. The van der Waals surface area contributed by atoms with E-state index >= 15 is 0 Å². The molecule has 0 saturated carbocycles. The number of halogens is 3. The van der Waals surface area contributed by atoms with Crippen molar-refractivity contribution in [2.24, 2.45) is 4.99 Å². The Morgan fingerprint density at radius 1 is 1.34 bits per heavy atom. The molecule has 3 aromatic rings. The minimum Gasteiger partial charge on any atom is -0.477 e. The molecule has 0 fully saturated rings. The van der Waals surface area contributed by atoms with Gasteiger partial charge < -0.3 is 14.7 Å². The normalized spacial score (nSPS) is 15.3. The molecule has 1 aliphatic rings. The molecule has 0 aliphatic carbocycles. The summed E-state index contributed by atoms with van der Waals surface area (Å²) < 4.78 is 29.1. The van der Waals surface area contributed by atoms with Gasteiger partial charge in [-0.2, -0.15) is 0 Å². The number of pyridine rings is 1. The maximum Gasteiger partial charge on any atom is 0.353 e. The molecular weight excluding hydrogens is 404 g/mol. The number of carboxylic acids is 1. The Bertz CT molecular complexity index is 1310. The van der Waals surface area contributed by atoms with Crippen LogP contribution in [0, 0.1) is 11.6 Å². The van der Waals surface area contributed by atoms with Crippen molar-refractivity contribution in [3.63, 3.8) is 0 Å². The molecular formula is C20H14ClF2N3O3. The topological polar surface area (TPSA) is 87.5 Å². The lowest BCUT2D eigenvalue weighted by molar-refractivity contribution is 0.0686. The van der Waals surface area contributed by atoms with Gasteiger partial charge >= 0.3 is 5.97 Å². The zero-order valence-corrected chi connectivity index (χ0v) is 15.6. The van der Waals surface area contributed by atoms with Gasteiger partial charge in [-0.05, 0) is 30.3 Å². The van der Waals surface area contributed by atoms with Crippen LogP contribution < -0.4 is 16.3 Å². The lowest BCUT2D eigenvalue weighted by Gasteiger charge is -2.10. The molecule has 6 nitrogen and oxygen atoms in total. The van der Waals surface area contributed by atoms with Crippen LogP contribution in [0.3, 0.4) is 0 Å². The van der Waals surface area contributed by atoms with E-state index in [0.29, 0.717) is 5.22 Å². The van der Waals surface area contributed by atoms with Crippen LogP contribution in [0.25, 0.3) is 17.2 Å². The number of nitrogens with one attached hydrogen (secondary N) is 1. The third-order valence-corrected chi connectivity index (χ3v) is 4.93. The van der Waals surface area contributed by atoms with Crippen LogP contribution in [0.5, 0.6) is 0 Å². The fourth-order valence-corrected chi connectivity index (χ4v) is 3.66. The van der Waals surface area contributed by atoms with E-state index in [4.69, 9.17) is 11.6 Å². The zero-order valence-electron chi connectivity index (χ0n) is 14.8. The van der Waals surface area contributed by atoms with Crippen LogP contribution in [0.2, 0.25) is 0 Å². The number of rotatable bonds is 4. The van der Waals surface area contributed by atoms with Crippen LogP contribution in [0.4, 0.5) is 8.78 Å². The van der Waals surface area contributed by atoms with E-state index in [9.17, 15) is 23.5 Å². The van der Waals surface area contributed by atoms with Gasteiger partial charge in [-0.3, -0.25) is 9.79 Å². The van der Waals surface area contributed by atoms with E-state index in [1.54, 1.807) is 12.1 Å². The number of carboxylic acid groups (broad SMARTS) is 1. The van der Waals surface area contributed by atoms with Crippen molar-refractivity contribution in [1.29, 1.82) is 0 Å². The lowest BCUT2D eigenvalue weighted by atomic mass is 10.0. The Labute approximate surface area is 167 Å². The molecule has 2 N–H and O–H groups in total.